The number of nitrogens with zero attached hydrogens (tertiary/aromatic N) is 2. The van der Waals surface area contributed by atoms with E-state index in [0.717, 1.165) is 28.3 Å². The Balaban J connectivity index is 1.42. The number of methoxy groups -OCH3 is 1. The maximum Gasteiger partial charge on any atom is 0.410 e. The Kier molecular flexibility index (Phi) is 8.39. The van der Waals surface area contributed by atoms with Gasteiger partial charge in [0.2, 0.25) is 5.89 Å². The molecular formula is C30H36N2O6. The van der Waals surface area contributed by atoms with Crippen molar-refractivity contribution < 1.29 is 28.2 Å². The van der Waals surface area contributed by atoms with E-state index in [4.69, 9.17) is 18.6 Å². The Hall–Kier alpha value is -3.81. The highest BCUT2D eigenvalue weighted by Gasteiger charge is 2.39. The fourth-order valence-electron chi connectivity index (χ4n) is 4.69. The van der Waals surface area contributed by atoms with Gasteiger partial charge < -0.3 is 23.5 Å². The van der Waals surface area contributed by atoms with Crippen molar-refractivity contribution in [3.8, 4) is 17.2 Å². The number of aryl methyl sites for hydroxylation is 1. The minimum absolute atomic E-state index is 0.0450. The minimum atomic E-state index is -0.592. The standard InChI is InChI=1S/C30H36N2O6/c1-20-26(31-28(37-20)21-10-7-6-8-11-21)14-15-36-24-13-9-12-22(16-24)25-19-32(29(34)38-30(2,3)4)18-23(25)17-27(33)35-5/h6-13,16,23,25H,14-15,17-19H2,1-5H3/t23-,25+/m1/s1. The van der Waals surface area contributed by atoms with E-state index in [2.05, 4.69) is 4.98 Å². The number of rotatable bonds is 8. The molecule has 1 aliphatic heterocycles. The highest BCUT2D eigenvalue weighted by molar-refractivity contribution is 5.71. The van der Waals surface area contributed by atoms with Crippen molar-refractivity contribution in [2.24, 2.45) is 5.92 Å². The molecule has 1 aromatic heterocycles. The number of oxazole rings is 1. The number of hydrogen-bond acceptors (Lipinski definition) is 7. The molecular weight excluding hydrogens is 484 g/mol. The molecule has 0 unspecified atom stereocenters. The molecule has 0 N–H and O–H groups in total. The van der Waals surface area contributed by atoms with E-state index in [-0.39, 0.29) is 30.3 Å². The third kappa shape index (κ3) is 6.94. The van der Waals surface area contributed by atoms with Crippen LogP contribution in [0.5, 0.6) is 5.75 Å². The molecule has 1 amide bonds. The van der Waals surface area contributed by atoms with Crippen LogP contribution in [0.25, 0.3) is 11.5 Å². The summed E-state index contributed by atoms with van der Waals surface area (Å²) in [5, 5.41) is 0. The second-order valence-corrected chi connectivity index (χ2v) is 10.6. The number of benzene rings is 2. The van der Waals surface area contributed by atoms with E-state index in [9.17, 15) is 9.59 Å². The largest absolute Gasteiger partial charge is 0.493 e. The topological polar surface area (TPSA) is 91.1 Å². The molecule has 2 aromatic carbocycles. The molecule has 1 fully saturated rings. The van der Waals surface area contributed by atoms with Crippen LogP contribution in [0.2, 0.25) is 0 Å². The number of carbonyl (C=O) groups is 2. The summed E-state index contributed by atoms with van der Waals surface area (Å²) >= 11 is 0. The maximum atomic E-state index is 12.8. The van der Waals surface area contributed by atoms with Gasteiger partial charge in [0, 0.05) is 31.0 Å². The number of carbonyl (C=O) groups excluding carboxylic acids is 2. The summed E-state index contributed by atoms with van der Waals surface area (Å²) in [6.45, 7) is 8.75. The lowest BCUT2D eigenvalue weighted by atomic mass is 9.87. The Morgan fingerprint density at radius 1 is 1.08 bits per heavy atom. The van der Waals surface area contributed by atoms with Crippen LogP contribution in [0.4, 0.5) is 4.79 Å². The van der Waals surface area contributed by atoms with Gasteiger partial charge in [-0.2, -0.15) is 0 Å². The first kappa shape index (κ1) is 27.2. The third-order valence-corrected chi connectivity index (χ3v) is 6.56. The van der Waals surface area contributed by atoms with Gasteiger partial charge in [0.05, 0.1) is 25.8 Å². The highest BCUT2D eigenvalue weighted by atomic mass is 16.6. The first-order valence-electron chi connectivity index (χ1n) is 12.9. The summed E-state index contributed by atoms with van der Waals surface area (Å²) in [5.74, 6) is 1.68. The van der Waals surface area contributed by atoms with Crippen LogP contribution in [0.1, 0.15) is 50.1 Å². The van der Waals surface area contributed by atoms with Crippen LogP contribution in [0, 0.1) is 12.8 Å². The second kappa shape index (κ2) is 11.7. The molecule has 0 bridgehead atoms. The molecule has 0 saturated carbocycles. The second-order valence-electron chi connectivity index (χ2n) is 10.6. The van der Waals surface area contributed by atoms with Crippen molar-refractivity contribution in [1.29, 1.82) is 0 Å². The average molecular weight is 521 g/mol. The molecule has 0 aliphatic carbocycles. The molecule has 4 rings (SSSR count). The third-order valence-electron chi connectivity index (χ3n) is 6.56. The van der Waals surface area contributed by atoms with Gasteiger partial charge in [-0.15, -0.1) is 0 Å². The van der Waals surface area contributed by atoms with Gasteiger partial charge in [0.25, 0.3) is 0 Å². The summed E-state index contributed by atoms with van der Waals surface area (Å²) in [4.78, 5) is 31.2. The first-order chi connectivity index (χ1) is 18.1. The number of aromatic nitrogens is 1. The van der Waals surface area contributed by atoms with Crippen molar-refractivity contribution in [2.45, 2.75) is 52.1 Å². The zero-order chi connectivity index (χ0) is 27.3. The van der Waals surface area contributed by atoms with Crippen molar-refractivity contribution in [3.05, 3.63) is 71.6 Å². The molecule has 0 spiro atoms. The Bertz CT molecular complexity index is 1250. The summed E-state index contributed by atoms with van der Waals surface area (Å²) < 4.78 is 22.4. The van der Waals surface area contributed by atoms with Crippen LogP contribution >= 0.6 is 0 Å². The molecule has 0 radical (unpaired) electrons. The quantitative estimate of drug-likeness (QED) is 0.348. The monoisotopic (exact) mass is 520 g/mol. The van der Waals surface area contributed by atoms with Gasteiger partial charge in [0.15, 0.2) is 0 Å². The van der Waals surface area contributed by atoms with Crippen molar-refractivity contribution in [3.63, 3.8) is 0 Å². The van der Waals surface area contributed by atoms with Gasteiger partial charge in [-0.05, 0) is 63.4 Å². The van der Waals surface area contributed by atoms with E-state index in [0.29, 0.717) is 32.0 Å². The van der Waals surface area contributed by atoms with E-state index < -0.39 is 5.60 Å². The molecule has 2 heterocycles. The summed E-state index contributed by atoms with van der Waals surface area (Å²) in [6.07, 6.45) is 0.452. The van der Waals surface area contributed by atoms with Crippen LogP contribution in [0.3, 0.4) is 0 Å². The number of ether oxygens (including phenoxy) is 3. The number of hydrogen-bond donors (Lipinski definition) is 0. The van der Waals surface area contributed by atoms with Crippen LogP contribution in [0.15, 0.2) is 59.0 Å². The summed E-state index contributed by atoms with van der Waals surface area (Å²) in [5.41, 5.74) is 2.22. The van der Waals surface area contributed by atoms with Gasteiger partial charge >= 0.3 is 12.1 Å². The summed E-state index contributed by atoms with van der Waals surface area (Å²) in [7, 11) is 1.38. The van der Waals surface area contributed by atoms with E-state index in [1.165, 1.54) is 7.11 Å². The van der Waals surface area contributed by atoms with Crippen LogP contribution in [-0.2, 0) is 20.7 Å². The van der Waals surface area contributed by atoms with Gasteiger partial charge in [-0.1, -0.05) is 30.3 Å². The number of likely N-dealkylation sites (tertiary alicyclic amines) is 1. The minimum Gasteiger partial charge on any atom is -0.493 e. The lowest BCUT2D eigenvalue weighted by Gasteiger charge is -2.24. The Morgan fingerprint density at radius 2 is 1.84 bits per heavy atom. The molecule has 8 nitrogen and oxygen atoms in total. The predicted molar refractivity (Wildman–Crippen MR) is 143 cm³/mol. The molecule has 202 valence electrons. The van der Waals surface area contributed by atoms with Crippen LogP contribution < -0.4 is 4.74 Å². The number of amides is 1. The molecule has 1 aliphatic rings. The lowest BCUT2D eigenvalue weighted by Crippen LogP contribution is -2.35. The first-order valence-corrected chi connectivity index (χ1v) is 12.9. The lowest BCUT2D eigenvalue weighted by molar-refractivity contribution is -0.141. The van der Waals surface area contributed by atoms with Crippen molar-refractivity contribution >= 4 is 12.1 Å². The van der Waals surface area contributed by atoms with Crippen molar-refractivity contribution in [2.75, 3.05) is 26.8 Å². The normalized spacial score (nSPS) is 17.3. The van der Waals surface area contributed by atoms with E-state index >= 15 is 0 Å². The Labute approximate surface area is 223 Å². The van der Waals surface area contributed by atoms with Crippen LogP contribution in [-0.4, -0.2) is 54.4 Å². The van der Waals surface area contributed by atoms with Gasteiger partial charge in [0.1, 0.15) is 17.1 Å². The molecule has 8 heteroatoms. The predicted octanol–water partition coefficient (Wildman–Crippen LogP) is 5.79. The number of esters is 1. The molecule has 1 saturated heterocycles. The maximum absolute atomic E-state index is 12.8. The SMILES string of the molecule is COC(=O)C[C@@H]1CN(C(=O)OC(C)(C)C)C[C@H]1c1cccc(OCCc2nc(-c3ccccc3)oc2C)c1. The molecule has 38 heavy (non-hydrogen) atoms. The van der Waals surface area contributed by atoms with Gasteiger partial charge in [-0.25, -0.2) is 9.78 Å². The smallest absolute Gasteiger partial charge is 0.410 e. The zero-order valence-electron chi connectivity index (χ0n) is 22.7. The fourth-order valence-corrected chi connectivity index (χ4v) is 4.69. The van der Waals surface area contributed by atoms with Crippen molar-refractivity contribution in [1.82, 2.24) is 9.88 Å². The fraction of sp³-hybridized carbons (Fsp3) is 0.433. The molecule has 2 atom stereocenters. The van der Waals surface area contributed by atoms with Gasteiger partial charge in [-0.3, -0.25) is 4.79 Å². The zero-order valence-corrected chi connectivity index (χ0v) is 22.7. The van der Waals surface area contributed by atoms with E-state index in [1.54, 1.807) is 4.90 Å². The van der Waals surface area contributed by atoms with E-state index in [1.807, 2.05) is 82.3 Å². The molecule has 3 aromatic rings. The Morgan fingerprint density at radius 3 is 2.55 bits per heavy atom. The average Bonchev–Trinajstić information content (AvgIpc) is 3.47. The summed E-state index contributed by atoms with van der Waals surface area (Å²) in [6, 6.07) is 17.6. The highest BCUT2D eigenvalue weighted by Crippen LogP contribution is 2.37.